The van der Waals surface area contributed by atoms with Gasteiger partial charge in [0, 0.05) is 13.1 Å². The molecule has 0 spiro atoms. The Hall–Kier alpha value is -0.770. The van der Waals surface area contributed by atoms with Gasteiger partial charge in [-0.2, -0.15) is 0 Å². The zero-order valence-electron chi connectivity index (χ0n) is 11.0. The van der Waals surface area contributed by atoms with Crippen LogP contribution in [0.5, 0.6) is 0 Å². The lowest BCUT2D eigenvalue weighted by molar-refractivity contribution is -0.137. The fraction of sp³-hybridized carbons (Fsp3) is 0.800. The summed E-state index contributed by atoms with van der Waals surface area (Å²) in [6.45, 7) is 1.36. The molecule has 0 aliphatic carbocycles. The third-order valence-electron chi connectivity index (χ3n) is 3.20. The minimum Gasteiger partial charge on any atom is -0.468 e. The minimum atomic E-state index is -3.82. The van der Waals surface area contributed by atoms with E-state index in [1.54, 1.807) is 0 Å². The van der Waals surface area contributed by atoms with Gasteiger partial charge >= 0.3 is 5.97 Å². The Kier molecular flexibility index (Phi) is 5.25. The van der Waals surface area contributed by atoms with Gasteiger partial charge in [-0.15, -0.1) is 0 Å². The summed E-state index contributed by atoms with van der Waals surface area (Å²) in [6.07, 6.45) is 0.971. The predicted molar refractivity (Wildman–Crippen MR) is 75.2 cm³/mol. The van der Waals surface area contributed by atoms with Gasteiger partial charge in [0.25, 0.3) is 0 Å². The molecule has 1 saturated heterocycles. The summed E-state index contributed by atoms with van der Waals surface area (Å²) in [7, 11) is -0.751. The van der Waals surface area contributed by atoms with E-state index in [-0.39, 0.29) is 4.99 Å². The Morgan fingerprint density at radius 1 is 1.47 bits per heavy atom. The van der Waals surface area contributed by atoms with Crippen LogP contribution in [-0.2, 0) is 19.6 Å². The molecular formula is C10H19N3O4S2. The maximum atomic E-state index is 11.9. The van der Waals surface area contributed by atoms with Gasteiger partial charge in [-0.05, 0) is 19.9 Å². The number of methoxy groups -OCH3 is 1. The zero-order valence-corrected chi connectivity index (χ0v) is 12.6. The number of likely N-dealkylation sites (tertiary alicyclic amines) is 1. The van der Waals surface area contributed by atoms with Gasteiger partial charge in [0.2, 0.25) is 10.0 Å². The van der Waals surface area contributed by atoms with Crippen LogP contribution in [0.1, 0.15) is 12.8 Å². The first-order chi connectivity index (χ1) is 8.71. The molecule has 0 amide bonds. The average molecular weight is 309 g/mol. The maximum absolute atomic E-state index is 11.9. The number of piperidine rings is 1. The molecule has 0 aromatic rings. The molecule has 0 bridgehead atoms. The van der Waals surface area contributed by atoms with Gasteiger partial charge in [0.1, 0.15) is 0 Å². The quantitative estimate of drug-likeness (QED) is 0.487. The lowest BCUT2D eigenvalue weighted by Gasteiger charge is -2.40. The first kappa shape index (κ1) is 16.3. The molecule has 0 atom stereocenters. The van der Waals surface area contributed by atoms with Crippen LogP contribution in [0.15, 0.2) is 0 Å². The third kappa shape index (κ3) is 4.37. The molecule has 1 rings (SSSR count). The average Bonchev–Trinajstić information content (AvgIpc) is 2.31. The number of carbonyl (C=O) groups excluding carboxylic acids is 1. The number of rotatable bonds is 5. The van der Waals surface area contributed by atoms with Crippen molar-refractivity contribution in [3.63, 3.8) is 0 Å². The van der Waals surface area contributed by atoms with Crippen molar-refractivity contribution in [3.8, 4) is 0 Å². The van der Waals surface area contributed by atoms with Crippen molar-refractivity contribution >= 4 is 33.2 Å². The minimum absolute atomic E-state index is 0.106. The van der Waals surface area contributed by atoms with Crippen LogP contribution in [-0.4, -0.2) is 62.8 Å². The smallest absolute Gasteiger partial charge is 0.322 e. The first-order valence-electron chi connectivity index (χ1n) is 5.78. The van der Waals surface area contributed by atoms with Crippen molar-refractivity contribution in [2.45, 2.75) is 18.4 Å². The molecule has 0 aromatic heterocycles. The summed E-state index contributed by atoms with van der Waals surface area (Å²) in [4.78, 5) is 13.2. The first-order valence-corrected chi connectivity index (χ1v) is 7.84. The molecule has 9 heteroatoms. The van der Waals surface area contributed by atoms with Crippen molar-refractivity contribution in [3.05, 3.63) is 0 Å². The van der Waals surface area contributed by atoms with E-state index in [1.165, 1.54) is 0 Å². The molecule has 1 aliphatic heterocycles. The summed E-state index contributed by atoms with van der Waals surface area (Å²) in [6, 6.07) is 0. The lowest BCUT2D eigenvalue weighted by Crippen LogP contribution is -2.61. The molecule has 7 nitrogen and oxygen atoms in total. The van der Waals surface area contributed by atoms with Gasteiger partial charge in [-0.1, -0.05) is 12.2 Å². The molecule has 1 aliphatic rings. The second-order valence-electron chi connectivity index (χ2n) is 4.69. The van der Waals surface area contributed by atoms with E-state index in [2.05, 4.69) is 14.4 Å². The van der Waals surface area contributed by atoms with Crippen molar-refractivity contribution in [2.24, 2.45) is 5.73 Å². The van der Waals surface area contributed by atoms with Crippen LogP contribution in [0.4, 0.5) is 0 Å². The topological polar surface area (TPSA) is 102 Å². The third-order valence-corrected chi connectivity index (χ3v) is 4.91. The van der Waals surface area contributed by atoms with E-state index in [0.29, 0.717) is 25.9 Å². The zero-order chi connectivity index (χ0) is 14.7. The second-order valence-corrected chi connectivity index (χ2v) is 6.85. The highest BCUT2D eigenvalue weighted by Gasteiger charge is 2.40. The van der Waals surface area contributed by atoms with Gasteiger partial charge < -0.3 is 15.4 Å². The summed E-state index contributed by atoms with van der Waals surface area (Å²) in [5, 5.41) is 0. The number of sulfonamides is 1. The Bertz CT molecular complexity index is 455. The molecule has 0 unspecified atom stereocenters. The van der Waals surface area contributed by atoms with E-state index in [9.17, 15) is 13.2 Å². The van der Waals surface area contributed by atoms with Gasteiger partial charge in [-0.3, -0.25) is 4.79 Å². The van der Waals surface area contributed by atoms with E-state index in [4.69, 9.17) is 18.0 Å². The van der Waals surface area contributed by atoms with Crippen LogP contribution < -0.4 is 10.5 Å². The summed E-state index contributed by atoms with van der Waals surface area (Å²) >= 11 is 4.99. The van der Waals surface area contributed by atoms with Crippen LogP contribution in [0, 0.1) is 0 Å². The highest BCUT2D eigenvalue weighted by molar-refractivity contribution is 7.90. The maximum Gasteiger partial charge on any atom is 0.322 e. The van der Waals surface area contributed by atoms with Crippen molar-refractivity contribution < 1.29 is 17.9 Å². The van der Waals surface area contributed by atoms with Gasteiger partial charge in [-0.25, -0.2) is 13.1 Å². The summed E-state index contributed by atoms with van der Waals surface area (Å²) in [5.74, 6) is -1.55. The normalized spacial score (nSPS) is 19.9. The van der Waals surface area contributed by atoms with E-state index in [0.717, 1.165) is 7.11 Å². The van der Waals surface area contributed by atoms with Crippen LogP contribution in [0.3, 0.4) is 0 Å². The predicted octanol–water partition coefficient (Wildman–Crippen LogP) is -1.17. The second kappa shape index (κ2) is 6.12. The fourth-order valence-electron chi connectivity index (χ4n) is 1.95. The van der Waals surface area contributed by atoms with Crippen LogP contribution >= 0.6 is 12.2 Å². The molecule has 1 heterocycles. The standard InChI is InChI=1S/C10H19N3O4S2/c1-13-5-3-10(4-6-13,9(11)18)12-19(15,16)7-8(14)17-2/h12H,3-7H2,1-2H3,(H2,11,18). The van der Waals surface area contributed by atoms with Gasteiger partial charge in [0.05, 0.1) is 17.6 Å². The lowest BCUT2D eigenvalue weighted by atomic mass is 9.89. The molecule has 110 valence electrons. The van der Waals surface area contributed by atoms with E-state index >= 15 is 0 Å². The molecule has 0 aromatic carbocycles. The van der Waals surface area contributed by atoms with Crippen LogP contribution in [0.2, 0.25) is 0 Å². The number of esters is 1. The molecule has 0 radical (unpaired) electrons. The molecular weight excluding hydrogens is 290 g/mol. The highest BCUT2D eigenvalue weighted by Crippen LogP contribution is 2.23. The largest absolute Gasteiger partial charge is 0.468 e. The monoisotopic (exact) mass is 309 g/mol. The number of hydrogen-bond donors (Lipinski definition) is 2. The Balaban J connectivity index is 2.85. The fourth-order valence-corrected chi connectivity index (χ4v) is 3.68. The number of hydrogen-bond acceptors (Lipinski definition) is 6. The Morgan fingerprint density at radius 2 is 2.00 bits per heavy atom. The van der Waals surface area contributed by atoms with Crippen LogP contribution in [0.25, 0.3) is 0 Å². The number of nitrogens with two attached hydrogens (primary N) is 1. The molecule has 3 N–H and O–H groups in total. The number of nitrogens with one attached hydrogen (secondary N) is 1. The van der Waals surface area contributed by atoms with Crippen molar-refractivity contribution in [1.29, 1.82) is 0 Å². The Morgan fingerprint density at radius 3 is 2.42 bits per heavy atom. The van der Waals surface area contributed by atoms with E-state index < -0.39 is 27.3 Å². The molecule has 1 fully saturated rings. The van der Waals surface area contributed by atoms with Crippen molar-refractivity contribution in [1.82, 2.24) is 9.62 Å². The number of carbonyl (C=O) groups is 1. The highest BCUT2D eigenvalue weighted by atomic mass is 32.2. The molecule has 19 heavy (non-hydrogen) atoms. The Labute approximate surface area is 118 Å². The summed E-state index contributed by atoms with van der Waals surface area (Å²) in [5.41, 5.74) is 4.74. The van der Waals surface area contributed by atoms with E-state index in [1.807, 2.05) is 7.05 Å². The summed E-state index contributed by atoms with van der Waals surface area (Å²) < 4.78 is 30.7. The number of ether oxygens (including phenoxy) is 1. The SMILES string of the molecule is COC(=O)CS(=O)(=O)NC1(C(N)=S)CCN(C)CC1. The number of nitrogens with zero attached hydrogens (tertiary/aromatic N) is 1. The van der Waals surface area contributed by atoms with Gasteiger partial charge in [0.15, 0.2) is 5.75 Å². The van der Waals surface area contributed by atoms with Crippen molar-refractivity contribution in [2.75, 3.05) is 33.0 Å². The number of thiocarbonyl (C=S) groups is 1. The molecule has 0 saturated carbocycles.